The van der Waals surface area contributed by atoms with Gasteiger partial charge in [-0.3, -0.25) is 0 Å². The molecule has 0 amide bonds. The molecule has 0 aliphatic carbocycles. The molecule has 1 N–H and O–H groups in total. The summed E-state index contributed by atoms with van der Waals surface area (Å²) in [5.41, 5.74) is -1.00. The molecule has 0 fully saturated rings. The number of alkyl halides is 3. The van der Waals surface area contributed by atoms with E-state index in [9.17, 15) is 13.2 Å². The number of halogens is 3. The Morgan fingerprint density at radius 2 is 2.00 bits per heavy atom. The van der Waals surface area contributed by atoms with Crippen molar-refractivity contribution in [2.45, 2.75) is 33.0 Å². The lowest BCUT2D eigenvalue weighted by atomic mass is 10.4. The summed E-state index contributed by atoms with van der Waals surface area (Å²) in [5, 5.41) is 2.84. The molecule has 0 spiro atoms. The molecule has 1 heterocycles. The van der Waals surface area contributed by atoms with Gasteiger partial charge in [0.15, 0.2) is 0 Å². The van der Waals surface area contributed by atoms with Gasteiger partial charge in [0.25, 0.3) is 5.95 Å². The van der Waals surface area contributed by atoms with E-state index >= 15 is 0 Å². The Balaban J connectivity index is 2.93. The maximum absolute atomic E-state index is 12.2. The van der Waals surface area contributed by atoms with E-state index in [0.717, 1.165) is 13.3 Å². The van der Waals surface area contributed by atoms with Crippen molar-refractivity contribution < 1.29 is 13.2 Å². The molecular formula is C9H12F3N5. The third kappa shape index (κ3) is 4.33. The van der Waals surface area contributed by atoms with Crippen LogP contribution in [-0.2, 0) is 0 Å². The second kappa shape index (κ2) is 5.07. The minimum absolute atomic E-state index is 0.0675. The second-order valence-electron chi connectivity index (χ2n) is 3.60. The van der Waals surface area contributed by atoms with Gasteiger partial charge in [0.05, 0.1) is 0 Å². The summed E-state index contributed by atoms with van der Waals surface area (Å²) in [6, 6.07) is 0.0675. The van der Waals surface area contributed by atoms with Crippen LogP contribution in [-0.4, -0.2) is 32.9 Å². The predicted octanol–water partition coefficient (Wildman–Crippen LogP) is 2.35. The van der Waals surface area contributed by atoms with Gasteiger partial charge in [0.1, 0.15) is 12.0 Å². The van der Waals surface area contributed by atoms with Crippen LogP contribution < -0.4 is 5.32 Å². The molecule has 1 aromatic heterocycles. The molecule has 5 nitrogen and oxygen atoms in total. The summed E-state index contributed by atoms with van der Waals surface area (Å²) in [6.07, 6.45) is -3.36. The first kappa shape index (κ1) is 13.3. The Kier molecular flexibility index (Phi) is 3.97. The van der Waals surface area contributed by atoms with Crippen molar-refractivity contribution in [3.63, 3.8) is 0 Å². The molecule has 0 atom stereocenters. The van der Waals surface area contributed by atoms with E-state index in [2.05, 4.69) is 25.3 Å². The van der Waals surface area contributed by atoms with Crippen molar-refractivity contribution in [1.29, 1.82) is 0 Å². The first-order valence-electron chi connectivity index (χ1n) is 4.87. The molecule has 0 radical (unpaired) electrons. The highest BCUT2D eigenvalue weighted by molar-refractivity contribution is 5.88. The zero-order valence-electron chi connectivity index (χ0n) is 9.58. The number of aliphatic imine (C=N–C) groups is 1. The molecule has 0 bridgehead atoms. The van der Waals surface area contributed by atoms with Gasteiger partial charge in [-0.1, -0.05) is 0 Å². The molecule has 0 saturated carbocycles. The Hall–Kier alpha value is -1.73. The highest BCUT2D eigenvalue weighted by atomic mass is 19.4. The van der Waals surface area contributed by atoms with Crippen molar-refractivity contribution in [2.24, 2.45) is 4.99 Å². The van der Waals surface area contributed by atoms with E-state index < -0.39 is 11.9 Å². The lowest BCUT2D eigenvalue weighted by molar-refractivity contribution is -0.0591. The van der Waals surface area contributed by atoms with Gasteiger partial charge >= 0.3 is 6.18 Å². The van der Waals surface area contributed by atoms with Crippen LogP contribution in [0, 0.1) is 0 Å². The Labute approximate surface area is 96.2 Å². The fraction of sp³-hybridized carbons (Fsp3) is 0.556. The van der Waals surface area contributed by atoms with Gasteiger partial charge in [-0.2, -0.15) is 23.1 Å². The minimum Gasteiger partial charge on any atom is -0.352 e. The fourth-order valence-electron chi connectivity index (χ4n) is 0.883. The van der Waals surface area contributed by atoms with Gasteiger partial charge in [-0.15, -0.1) is 0 Å². The number of nitrogens with zero attached hydrogens (tertiary/aromatic N) is 4. The number of hydrogen-bond donors (Lipinski definition) is 1. The molecule has 0 unspecified atom stereocenters. The topological polar surface area (TPSA) is 63.1 Å². The first-order chi connectivity index (χ1) is 7.79. The summed E-state index contributed by atoms with van der Waals surface area (Å²) in [5.74, 6) is -0.0679. The Morgan fingerprint density at radius 1 is 1.35 bits per heavy atom. The molecular weight excluding hydrogens is 235 g/mol. The predicted molar refractivity (Wildman–Crippen MR) is 57.4 cm³/mol. The third-order valence-corrected chi connectivity index (χ3v) is 1.65. The van der Waals surface area contributed by atoms with Gasteiger partial charge in [0, 0.05) is 6.04 Å². The minimum atomic E-state index is -4.47. The number of aromatic nitrogens is 3. The Morgan fingerprint density at radius 3 is 2.53 bits per heavy atom. The number of hydrogen-bond acceptors (Lipinski definition) is 5. The van der Waals surface area contributed by atoms with E-state index in [4.69, 9.17) is 0 Å². The highest BCUT2D eigenvalue weighted by Gasteiger charge is 2.32. The summed E-state index contributed by atoms with van der Waals surface area (Å²) < 4.78 is 36.7. The zero-order chi connectivity index (χ0) is 13.1. The second-order valence-corrected chi connectivity index (χ2v) is 3.60. The Bertz CT molecular complexity index is 413. The van der Waals surface area contributed by atoms with Crippen LogP contribution in [0.3, 0.4) is 0 Å². The average Bonchev–Trinajstić information content (AvgIpc) is 2.15. The molecule has 0 saturated heterocycles. The molecule has 94 valence electrons. The SMILES string of the molecule is CC(=Nc1ncnc(NC(C)C)n1)C(F)(F)F. The highest BCUT2D eigenvalue weighted by Crippen LogP contribution is 2.19. The van der Waals surface area contributed by atoms with E-state index in [1.165, 1.54) is 0 Å². The van der Waals surface area contributed by atoms with Gasteiger partial charge in [0.2, 0.25) is 5.95 Å². The van der Waals surface area contributed by atoms with Gasteiger partial charge in [-0.25, -0.2) is 9.98 Å². The van der Waals surface area contributed by atoms with Gasteiger partial charge in [-0.05, 0) is 20.8 Å². The normalized spacial score (nSPS) is 13.0. The first-order valence-corrected chi connectivity index (χ1v) is 4.87. The van der Waals surface area contributed by atoms with Crippen LogP contribution in [0.25, 0.3) is 0 Å². The molecule has 0 aliphatic heterocycles. The fourth-order valence-corrected chi connectivity index (χ4v) is 0.883. The summed E-state index contributed by atoms with van der Waals surface area (Å²) >= 11 is 0. The smallest absolute Gasteiger partial charge is 0.352 e. The molecule has 8 heteroatoms. The number of anilines is 1. The quantitative estimate of drug-likeness (QED) is 0.833. The summed E-state index contributed by atoms with van der Waals surface area (Å²) in [4.78, 5) is 14.3. The number of rotatable bonds is 3. The van der Waals surface area contributed by atoms with Gasteiger partial charge < -0.3 is 5.32 Å². The standard InChI is InChI=1S/C9H12F3N5/c1-5(2)15-7-13-4-14-8(17-7)16-6(3)9(10,11)12/h4-5H,1-3H3,(H,13,14,15,17). The third-order valence-electron chi connectivity index (χ3n) is 1.65. The molecule has 0 aliphatic rings. The lowest BCUT2D eigenvalue weighted by Crippen LogP contribution is -2.19. The maximum atomic E-state index is 12.2. The van der Waals surface area contributed by atoms with E-state index in [1.807, 2.05) is 13.8 Å². The van der Waals surface area contributed by atoms with Crippen molar-refractivity contribution >= 4 is 17.6 Å². The van der Waals surface area contributed by atoms with Crippen molar-refractivity contribution in [3.05, 3.63) is 6.33 Å². The van der Waals surface area contributed by atoms with Crippen LogP contribution in [0.1, 0.15) is 20.8 Å². The van der Waals surface area contributed by atoms with Crippen molar-refractivity contribution in [1.82, 2.24) is 15.0 Å². The van der Waals surface area contributed by atoms with E-state index in [-0.39, 0.29) is 17.9 Å². The van der Waals surface area contributed by atoms with E-state index in [1.54, 1.807) is 0 Å². The summed E-state index contributed by atoms with van der Waals surface area (Å²) in [7, 11) is 0. The molecule has 1 rings (SSSR count). The van der Waals surface area contributed by atoms with Crippen LogP contribution in [0.2, 0.25) is 0 Å². The monoisotopic (exact) mass is 247 g/mol. The van der Waals surface area contributed by atoms with E-state index in [0.29, 0.717) is 0 Å². The molecule has 1 aromatic rings. The van der Waals surface area contributed by atoms with Crippen LogP contribution in [0.4, 0.5) is 25.1 Å². The van der Waals surface area contributed by atoms with Crippen molar-refractivity contribution in [2.75, 3.05) is 5.32 Å². The average molecular weight is 247 g/mol. The number of nitrogens with one attached hydrogen (secondary N) is 1. The largest absolute Gasteiger partial charge is 0.429 e. The van der Waals surface area contributed by atoms with Crippen molar-refractivity contribution in [3.8, 4) is 0 Å². The zero-order valence-corrected chi connectivity index (χ0v) is 9.58. The lowest BCUT2D eigenvalue weighted by Gasteiger charge is -2.08. The molecule has 0 aromatic carbocycles. The van der Waals surface area contributed by atoms with Crippen LogP contribution >= 0.6 is 0 Å². The maximum Gasteiger partial charge on any atom is 0.429 e. The van der Waals surface area contributed by atoms with Crippen LogP contribution in [0.5, 0.6) is 0 Å². The van der Waals surface area contributed by atoms with Crippen LogP contribution in [0.15, 0.2) is 11.3 Å². The summed E-state index contributed by atoms with van der Waals surface area (Å²) in [6.45, 7) is 4.57. The molecule has 17 heavy (non-hydrogen) atoms.